The summed E-state index contributed by atoms with van der Waals surface area (Å²) in [5, 5.41) is 5.50. The third-order valence-corrected chi connectivity index (χ3v) is 2.99. The van der Waals surface area contributed by atoms with Gasteiger partial charge in [-0.3, -0.25) is 9.59 Å². The number of hydrogen-bond acceptors (Lipinski definition) is 3. The van der Waals surface area contributed by atoms with Crippen LogP contribution in [0.4, 0.5) is 0 Å². The smallest absolute Gasteiger partial charge is 0.222 e. The van der Waals surface area contributed by atoms with Crippen LogP contribution >= 0.6 is 0 Å². The summed E-state index contributed by atoms with van der Waals surface area (Å²) in [6.07, 6.45) is 3.08. The van der Waals surface area contributed by atoms with Gasteiger partial charge in [0.25, 0.3) is 0 Å². The summed E-state index contributed by atoms with van der Waals surface area (Å²) in [7, 11) is 0. The first-order valence-corrected chi connectivity index (χ1v) is 5.47. The number of carbonyl (C=O) groups excluding carboxylic acids is 2. The van der Waals surface area contributed by atoms with Crippen LogP contribution in [0.25, 0.3) is 0 Å². The third kappa shape index (κ3) is 2.92. The Morgan fingerprint density at radius 1 is 1.60 bits per heavy atom. The maximum absolute atomic E-state index is 11.5. The molecule has 1 aliphatic carbocycles. The highest BCUT2D eigenvalue weighted by Crippen LogP contribution is 2.32. The molecule has 1 aliphatic heterocycles. The molecule has 84 valence electrons. The van der Waals surface area contributed by atoms with Crippen LogP contribution in [0.3, 0.4) is 0 Å². The summed E-state index contributed by atoms with van der Waals surface area (Å²) in [4.78, 5) is 22.4. The number of rotatable bonds is 4. The molecule has 2 aliphatic rings. The lowest BCUT2D eigenvalue weighted by atomic mass is 10.1. The van der Waals surface area contributed by atoms with Gasteiger partial charge in [0.1, 0.15) is 0 Å². The van der Waals surface area contributed by atoms with E-state index in [1.54, 1.807) is 0 Å². The van der Waals surface area contributed by atoms with Crippen LogP contribution in [0, 0.1) is 5.92 Å². The second-order valence-electron chi connectivity index (χ2n) is 4.48. The van der Waals surface area contributed by atoms with Crippen molar-refractivity contribution >= 4 is 11.8 Å². The minimum atomic E-state index is -0.0450. The van der Waals surface area contributed by atoms with Crippen LogP contribution in [-0.4, -0.2) is 30.4 Å². The molecule has 1 saturated carbocycles. The molecule has 0 aromatic rings. The summed E-state index contributed by atoms with van der Waals surface area (Å²) in [6.45, 7) is 0.545. The Labute approximate surface area is 88.8 Å². The van der Waals surface area contributed by atoms with Gasteiger partial charge in [-0.25, -0.2) is 0 Å². The van der Waals surface area contributed by atoms with Gasteiger partial charge in [0.2, 0.25) is 11.8 Å². The van der Waals surface area contributed by atoms with Gasteiger partial charge >= 0.3 is 0 Å². The molecule has 1 heterocycles. The molecule has 15 heavy (non-hydrogen) atoms. The largest absolute Gasteiger partial charge is 0.354 e. The summed E-state index contributed by atoms with van der Waals surface area (Å²) in [5.74, 6) is 0.516. The van der Waals surface area contributed by atoms with E-state index in [1.807, 2.05) is 0 Å². The van der Waals surface area contributed by atoms with Crippen molar-refractivity contribution in [3.05, 3.63) is 0 Å². The highest BCUT2D eigenvalue weighted by Gasteiger charge is 2.30. The van der Waals surface area contributed by atoms with Crippen LogP contribution < -0.4 is 16.4 Å². The number of hydrogen-bond donors (Lipinski definition) is 3. The highest BCUT2D eigenvalue weighted by atomic mass is 16.2. The second kappa shape index (κ2) is 4.18. The molecule has 0 radical (unpaired) electrons. The van der Waals surface area contributed by atoms with Crippen LogP contribution in [0.1, 0.15) is 25.7 Å². The Bertz CT molecular complexity index is 276. The predicted molar refractivity (Wildman–Crippen MR) is 54.9 cm³/mol. The summed E-state index contributed by atoms with van der Waals surface area (Å²) >= 11 is 0. The molecule has 1 saturated heterocycles. The van der Waals surface area contributed by atoms with Crippen LogP contribution in [0.2, 0.25) is 0 Å². The van der Waals surface area contributed by atoms with Gasteiger partial charge < -0.3 is 16.4 Å². The number of carbonyl (C=O) groups is 2. The quantitative estimate of drug-likeness (QED) is 0.564. The monoisotopic (exact) mass is 211 g/mol. The van der Waals surface area contributed by atoms with E-state index in [0.29, 0.717) is 25.3 Å². The average molecular weight is 211 g/mol. The summed E-state index contributed by atoms with van der Waals surface area (Å²) in [6, 6.07) is -0.0496. The molecule has 0 aromatic carbocycles. The van der Waals surface area contributed by atoms with Crippen molar-refractivity contribution in [3.8, 4) is 0 Å². The maximum atomic E-state index is 11.5. The molecule has 2 fully saturated rings. The van der Waals surface area contributed by atoms with Crippen molar-refractivity contribution in [2.24, 2.45) is 11.7 Å². The lowest BCUT2D eigenvalue weighted by Crippen LogP contribution is -2.39. The fraction of sp³-hybridized carbons (Fsp3) is 0.800. The zero-order valence-electron chi connectivity index (χ0n) is 8.66. The number of nitrogens with one attached hydrogen (secondary N) is 2. The highest BCUT2D eigenvalue weighted by molar-refractivity contribution is 5.82. The van der Waals surface area contributed by atoms with Gasteiger partial charge in [-0.1, -0.05) is 0 Å². The minimum Gasteiger partial charge on any atom is -0.354 e. The predicted octanol–water partition coefficient (Wildman–Crippen LogP) is -0.881. The van der Waals surface area contributed by atoms with Crippen LogP contribution in [0.15, 0.2) is 0 Å². The Hall–Kier alpha value is -1.10. The standard InChI is InChI=1S/C10H17N3O2/c11-8(6-1-2-6)4-10(15)13-7-3-9(14)12-5-7/h6-8H,1-5,11H2,(H,12,14)(H,13,15). The van der Waals surface area contributed by atoms with E-state index in [1.165, 1.54) is 0 Å². The SMILES string of the molecule is NC(CC(=O)NC1CNC(=O)C1)C1CC1. The van der Waals surface area contributed by atoms with E-state index in [0.717, 1.165) is 12.8 Å². The Balaban J connectivity index is 1.69. The fourth-order valence-corrected chi connectivity index (χ4v) is 1.90. The van der Waals surface area contributed by atoms with E-state index in [-0.39, 0.29) is 23.9 Å². The van der Waals surface area contributed by atoms with E-state index in [2.05, 4.69) is 10.6 Å². The van der Waals surface area contributed by atoms with Gasteiger partial charge in [0, 0.05) is 25.4 Å². The van der Waals surface area contributed by atoms with E-state index in [4.69, 9.17) is 5.73 Å². The minimum absolute atomic E-state index is 0.00457. The van der Waals surface area contributed by atoms with Gasteiger partial charge in [0.05, 0.1) is 6.04 Å². The summed E-state index contributed by atoms with van der Waals surface area (Å²) < 4.78 is 0. The van der Waals surface area contributed by atoms with Crippen LogP contribution in [0.5, 0.6) is 0 Å². The Morgan fingerprint density at radius 3 is 2.87 bits per heavy atom. The average Bonchev–Trinajstić information content (AvgIpc) is 2.92. The lowest BCUT2D eigenvalue weighted by Gasteiger charge is -2.13. The molecular weight excluding hydrogens is 194 g/mol. The lowest BCUT2D eigenvalue weighted by molar-refractivity contribution is -0.122. The topological polar surface area (TPSA) is 84.2 Å². The molecule has 5 heteroatoms. The number of nitrogens with two attached hydrogens (primary N) is 1. The third-order valence-electron chi connectivity index (χ3n) is 2.99. The summed E-state index contributed by atoms with van der Waals surface area (Å²) in [5.41, 5.74) is 5.84. The van der Waals surface area contributed by atoms with Crippen LogP contribution in [-0.2, 0) is 9.59 Å². The van der Waals surface area contributed by atoms with E-state index >= 15 is 0 Å². The number of amides is 2. The molecule has 2 rings (SSSR count). The normalized spacial score (nSPS) is 27.3. The van der Waals surface area contributed by atoms with Gasteiger partial charge in [-0.15, -0.1) is 0 Å². The van der Waals surface area contributed by atoms with E-state index < -0.39 is 0 Å². The molecular formula is C10H17N3O2. The van der Waals surface area contributed by atoms with Crippen molar-refractivity contribution in [3.63, 3.8) is 0 Å². The fourth-order valence-electron chi connectivity index (χ4n) is 1.90. The Morgan fingerprint density at radius 2 is 2.33 bits per heavy atom. The van der Waals surface area contributed by atoms with Gasteiger partial charge in [-0.05, 0) is 18.8 Å². The molecule has 4 N–H and O–H groups in total. The van der Waals surface area contributed by atoms with E-state index in [9.17, 15) is 9.59 Å². The zero-order chi connectivity index (χ0) is 10.8. The molecule has 2 atom stereocenters. The molecule has 0 aromatic heterocycles. The van der Waals surface area contributed by atoms with Crippen molar-refractivity contribution in [1.82, 2.24) is 10.6 Å². The Kier molecular flexibility index (Phi) is 2.90. The molecule has 2 unspecified atom stereocenters. The van der Waals surface area contributed by atoms with Gasteiger partial charge in [-0.2, -0.15) is 0 Å². The van der Waals surface area contributed by atoms with Crippen molar-refractivity contribution < 1.29 is 9.59 Å². The van der Waals surface area contributed by atoms with Gasteiger partial charge in [0.15, 0.2) is 0 Å². The second-order valence-corrected chi connectivity index (χ2v) is 4.48. The molecule has 5 nitrogen and oxygen atoms in total. The molecule has 0 spiro atoms. The molecule has 2 amide bonds. The van der Waals surface area contributed by atoms with Crippen molar-refractivity contribution in [2.45, 2.75) is 37.8 Å². The van der Waals surface area contributed by atoms with Crippen molar-refractivity contribution in [2.75, 3.05) is 6.54 Å². The molecule has 0 bridgehead atoms. The first-order chi connectivity index (χ1) is 7.15. The maximum Gasteiger partial charge on any atom is 0.222 e. The zero-order valence-corrected chi connectivity index (χ0v) is 8.66. The van der Waals surface area contributed by atoms with Crippen molar-refractivity contribution in [1.29, 1.82) is 0 Å². The first kappa shape index (κ1) is 10.4. The first-order valence-electron chi connectivity index (χ1n) is 5.47.